The third-order valence-electron chi connectivity index (χ3n) is 4.25. The normalized spacial score (nSPS) is 16.4. The minimum Gasteiger partial charge on any atom is -0.493 e. The first kappa shape index (κ1) is 19.0. The summed E-state index contributed by atoms with van der Waals surface area (Å²) in [5.74, 6) is 1.43. The molecular formula is C20H22O7. The van der Waals surface area contributed by atoms with Crippen LogP contribution in [0.1, 0.15) is 22.0 Å². The summed E-state index contributed by atoms with van der Waals surface area (Å²) in [5, 5.41) is 10.5. The van der Waals surface area contributed by atoms with E-state index in [1.54, 1.807) is 36.4 Å². The summed E-state index contributed by atoms with van der Waals surface area (Å²) in [5.41, 5.74) is 0.715. The lowest BCUT2D eigenvalue weighted by Crippen LogP contribution is -2.13. The highest BCUT2D eigenvalue weighted by molar-refractivity contribution is 6.00. The molecule has 2 atom stereocenters. The molecule has 1 N–H and O–H groups in total. The Hall–Kier alpha value is -2.77. The second-order valence-electron chi connectivity index (χ2n) is 6.01. The molecular weight excluding hydrogens is 352 g/mol. The molecule has 1 aliphatic heterocycles. The minimum atomic E-state index is -1.35. The van der Waals surface area contributed by atoms with Crippen LogP contribution in [-0.2, 0) is 4.74 Å². The fourth-order valence-corrected chi connectivity index (χ4v) is 2.62. The predicted octanol–water partition coefficient (Wildman–Crippen LogP) is 2.41. The number of hydrogen-bond acceptors (Lipinski definition) is 7. The lowest BCUT2D eigenvalue weighted by Gasteiger charge is -2.15. The standard InChI is InChI=1S/C20H22O7/c1-23-15-6-4-12(8-17(15)24-2)19(21)20(22)13-5-7-16(18(9-13)25-3)27-11-14-10-26-14/h4-9,14,19,21H,10-11H2,1-3H3. The molecule has 0 bridgehead atoms. The molecule has 3 rings (SSSR count). The summed E-state index contributed by atoms with van der Waals surface area (Å²) in [6.07, 6.45) is -1.23. The fourth-order valence-electron chi connectivity index (χ4n) is 2.62. The van der Waals surface area contributed by atoms with Crippen LogP contribution in [0.4, 0.5) is 0 Å². The number of aliphatic hydroxyl groups excluding tert-OH is 1. The Morgan fingerprint density at radius 2 is 1.67 bits per heavy atom. The molecule has 27 heavy (non-hydrogen) atoms. The van der Waals surface area contributed by atoms with Crippen molar-refractivity contribution in [2.45, 2.75) is 12.2 Å². The van der Waals surface area contributed by atoms with Gasteiger partial charge in [0.25, 0.3) is 0 Å². The number of Topliss-reactive ketones (excluding diaryl/α,β-unsaturated/α-hetero) is 1. The number of hydrogen-bond donors (Lipinski definition) is 1. The molecule has 144 valence electrons. The van der Waals surface area contributed by atoms with E-state index in [0.717, 1.165) is 0 Å². The van der Waals surface area contributed by atoms with Crippen molar-refractivity contribution in [3.63, 3.8) is 0 Å². The van der Waals surface area contributed by atoms with Crippen molar-refractivity contribution in [3.8, 4) is 23.0 Å². The van der Waals surface area contributed by atoms with Crippen LogP contribution < -0.4 is 18.9 Å². The van der Waals surface area contributed by atoms with Gasteiger partial charge in [0.05, 0.1) is 27.9 Å². The molecule has 1 aliphatic rings. The van der Waals surface area contributed by atoms with Crippen molar-refractivity contribution in [3.05, 3.63) is 47.5 Å². The van der Waals surface area contributed by atoms with Gasteiger partial charge in [0, 0.05) is 5.56 Å². The van der Waals surface area contributed by atoms with Crippen LogP contribution in [0.2, 0.25) is 0 Å². The topological polar surface area (TPSA) is 86.8 Å². The molecule has 0 radical (unpaired) electrons. The number of ether oxygens (including phenoxy) is 5. The second kappa shape index (κ2) is 8.28. The monoisotopic (exact) mass is 374 g/mol. The van der Waals surface area contributed by atoms with Crippen LogP contribution in [0.25, 0.3) is 0 Å². The summed E-state index contributed by atoms with van der Waals surface area (Å²) in [6.45, 7) is 1.12. The van der Waals surface area contributed by atoms with E-state index in [0.29, 0.717) is 47.3 Å². The summed E-state index contributed by atoms with van der Waals surface area (Å²) in [4.78, 5) is 12.7. The zero-order valence-electron chi connectivity index (χ0n) is 15.4. The first-order chi connectivity index (χ1) is 13.1. The van der Waals surface area contributed by atoms with Crippen molar-refractivity contribution >= 4 is 5.78 Å². The SMILES string of the molecule is COc1ccc(C(O)C(=O)c2ccc(OCC3CO3)c(OC)c2)cc1OC. The Labute approximate surface area is 157 Å². The molecule has 0 spiro atoms. The molecule has 2 aromatic rings. The van der Waals surface area contributed by atoms with E-state index in [9.17, 15) is 9.90 Å². The van der Waals surface area contributed by atoms with E-state index < -0.39 is 11.9 Å². The molecule has 2 unspecified atom stereocenters. The number of benzene rings is 2. The smallest absolute Gasteiger partial charge is 0.195 e. The molecule has 0 amide bonds. The number of carbonyl (C=O) groups is 1. The number of methoxy groups -OCH3 is 3. The number of rotatable bonds is 9. The van der Waals surface area contributed by atoms with E-state index in [-0.39, 0.29) is 6.10 Å². The van der Waals surface area contributed by atoms with Crippen LogP contribution in [-0.4, -0.2) is 51.5 Å². The van der Waals surface area contributed by atoms with Gasteiger partial charge in [-0.1, -0.05) is 6.07 Å². The van der Waals surface area contributed by atoms with E-state index in [1.807, 2.05) is 0 Å². The van der Waals surface area contributed by atoms with Crippen LogP contribution in [0, 0.1) is 0 Å². The predicted molar refractivity (Wildman–Crippen MR) is 97.1 cm³/mol. The first-order valence-electron chi connectivity index (χ1n) is 8.44. The van der Waals surface area contributed by atoms with Crippen LogP contribution in [0.15, 0.2) is 36.4 Å². The molecule has 0 saturated carbocycles. The maximum atomic E-state index is 12.7. The van der Waals surface area contributed by atoms with Crippen molar-refractivity contribution in [2.24, 2.45) is 0 Å². The number of epoxide rings is 1. The summed E-state index contributed by atoms with van der Waals surface area (Å²) in [7, 11) is 4.51. The van der Waals surface area contributed by atoms with Gasteiger partial charge in [0.1, 0.15) is 18.8 Å². The fraction of sp³-hybridized carbons (Fsp3) is 0.350. The van der Waals surface area contributed by atoms with Gasteiger partial charge in [-0.25, -0.2) is 0 Å². The Kier molecular flexibility index (Phi) is 5.83. The molecule has 1 saturated heterocycles. The second-order valence-corrected chi connectivity index (χ2v) is 6.01. The Balaban J connectivity index is 1.79. The van der Waals surface area contributed by atoms with E-state index in [2.05, 4.69) is 0 Å². The summed E-state index contributed by atoms with van der Waals surface area (Å²) in [6, 6.07) is 9.63. The lowest BCUT2D eigenvalue weighted by atomic mass is 9.99. The molecule has 1 fully saturated rings. The summed E-state index contributed by atoms with van der Waals surface area (Å²) >= 11 is 0. The third kappa shape index (κ3) is 4.32. The third-order valence-corrected chi connectivity index (χ3v) is 4.25. The summed E-state index contributed by atoms with van der Waals surface area (Å²) < 4.78 is 26.4. The Bertz CT molecular complexity index is 814. The quantitative estimate of drug-likeness (QED) is 0.533. The van der Waals surface area contributed by atoms with Crippen molar-refractivity contribution < 1.29 is 33.6 Å². The van der Waals surface area contributed by atoms with E-state index in [4.69, 9.17) is 23.7 Å². The van der Waals surface area contributed by atoms with Gasteiger partial charge < -0.3 is 28.8 Å². The van der Waals surface area contributed by atoms with Gasteiger partial charge >= 0.3 is 0 Å². The molecule has 0 aromatic heterocycles. The average molecular weight is 374 g/mol. The largest absolute Gasteiger partial charge is 0.493 e. The number of ketones is 1. The van der Waals surface area contributed by atoms with Gasteiger partial charge in [-0.05, 0) is 35.9 Å². The highest BCUT2D eigenvalue weighted by atomic mass is 16.6. The van der Waals surface area contributed by atoms with Crippen molar-refractivity contribution in [2.75, 3.05) is 34.5 Å². The van der Waals surface area contributed by atoms with E-state index in [1.165, 1.54) is 21.3 Å². The first-order valence-corrected chi connectivity index (χ1v) is 8.44. The Morgan fingerprint density at radius 1 is 1.04 bits per heavy atom. The van der Waals surface area contributed by atoms with Crippen molar-refractivity contribution in [1.29, 1.82) is 0 Å². The van der Waals surface area contributed by atoms with Crippen LogP contribution in [0.5, 0.6) is 23.0 Å². The lowest BCUT2D eigenvalue weighted by molar-refractivity contribution is 0.0746. The van der Waals surface area contributed by atoms with Gasteiger partial charge in [-0.2, -0.15) is 0 Å². The molecule has 7 heteroatoms. The van der Waals surface area contributed by atoms with Gasteiger partial charge in [-0.15, -0.1) is 0 Å². The average Bonchev–Trinajstić information content (AvgIpc) is 3.54. The zero-order chi connectivity index (χ0) is 19.4. The zero-order valence-corrected chi connectivity index (χ0v) is 15.4. The minimum absolute atomic E-state index is 0.114. The van der Waals surface area contributed by atoms with Crippen LogP contribution >= 0.6 is 0 Å². The van der Waals surface area contributed by atoms with Gasteiger partial charge in [-0.3, -0.25) is 4.79 Å². The number of carbonyl (C=O) groups excluding carboxylic acids is 1. The van der Waals surface area contributed by atoms with Crippen molar-refractivity contribution in [1.82, 2.24) is 0 Å². The highest BCUT2D eigenvalue weighted by Gasteiger charge is 2.25. The maximum Gasteiger partial charge on any atom is 0.195 e. The molecule has 2 aromatic carbocycles. The Morgan fingerprint density at radius 3 is 2.30 bits per heavy atom. The maximum absolute atomic E-state index is 12.7. The van der Waals surface area contributed by atoms with E-state index >= 15 is 0 Å². The molecule has 0 aliphatic carbocycles. The molecule has 1 heterocycles. The van der Waals surface area contributed by atoms with Gasteiger partial charge in [0.2, 0.25) is 0 Å². The highest BCUT2D eigenvalue weighted by Crippen LogP contribution is 2.33. The van der Waals surface area contributed by atoms with Crippen LogP contribution in [0.3, 0.4) is 0 Å². The van der Waals surface area contributed by atoms with Gasteiger partial charge in [0.15, 0.2) is 28.8 Å². The molecule has 7 nitrogen and oxygen atoms in total. The number of aliphatic hydroxyl groups is 1.